The van der Waals surface area contributed by atoms with Crippen LogP contribution in [-0.4, -0.2) is 35.7 Å². The van der Waals surface area contributed by atoms with Crippen molar-refractivity contribution in [3.63, 3.8) is 0 Å². The van der Waals surface area contributed by atoms with Gasteiger partial charge >= 0.3 is 6.09 Å². The smallest absolute Gasteiger partial charge is 0.407 e. The molecule has 0 bridgehead atoms. The third kappa shape index (κ3) is 5.23. The lowest BCUT2D eigenvalue weighted by Gasteiger charge is -2.32. The van der Waals surface area contributed by atoms with Gasteiger partial charge in [0.2, 0.25) is 0 Å². The molecule has 0 spiro atoms. The molecule has 0 aromatic heterocycles. The zero-order chi connectivity index (χ0) is 18.0. The van der Waals surface area contributed by atoms with Crippen LogP contribution in [0.4, 0.5) is 4.79 Å². The summed E-state index contributed by atoms with van der Waals surface area (Å²) in [6, 6.07) is 10.6. The molecule has 1 heterocycles. The summed E-state index contributed by atoms with van der Waals surface area (Å²) in [5.41, 5.74) is 1.03. The molecule has 1 aromatic rings. The zero-order valence-corrected chi connectivity index (χ0v) is 15.9. The molecule has 2 unspecified atom stereocenters. The van der Waals surface area contributed by atoms with Gasteiger partial charge in [0.05, 0.1) is 0 Å². The summed E-state index contributed by atoms with van der Waals surface area (Å²) in [4.78, 5) is 14.5. The van der Waals surface area contributed by atoms with E-state index in [9.17, 15) is 4.79 Å². The first-order valence-corrected chi connectivity index (χ1v) is 8.83. The van der Waals surface area contributed by atoms with Crippen molar-refractivity contribution in [2.45, 2.75) is 59.7 Å². The van der Waals surface area contributed by atoms with E-state index in [4.69, 9.17) is 4.74 Å². The van der Waals surface area contributed by atoms with Crippen molar-refractivity contribution < 1.29 is 9.53 Å². The second-order valence-corrected chi connectivity index (χ2v) is 8.69. The SMILES string of the molecule is CC(NC(=O)OC(C)(C)C)C1CN(Cc2ccccc2)CC1(C)C. The van der Waals surface area contributed by atoms with E-state index >= 15 is 0 Å². The zero-order valence-electron chi connectivity index (χ0n) is 15.9. The van der Waals surface area contributed by atoms with Gasteiger partial charge in [0.1, 0.15) is 5.60 Å². The van der Waals surface area contributed by atoms with Gasteiger partial charge in [-0.05, 0) is 44.6 Å². The van der Waals surface area contributed by atoms with E-state index in [0.29, 0.717) is 5.92 Å². The first-order valence-electron chi connectivity index (χ1n) is 8.83. The highest BCUT2D eigenvalue weighted by atomic mass is 16.6. The number of nitrogens with one attached hydrogen (secondary N) is 1. The molecule has 1 saturated heterocycles. The molecular weight excluding hydrogens is 300 g/mol. The van der Waals surface area contributed by atoms with Crippen molar-refractivity contribution in [3.05, 3.63) is 35.9 Å². The van der Waals surface area contributed by atoms with Crippen LogP contribution in [0.15, 0.2) is 30.3 Å². The van der Waals surface area contributed by atoms with Crippen LogP contribution < -0.4 is 5.32 Å². The Kier molecular flexibility index (Phi) is 5.59. The van der Waals surface area contributed by atoms with Crippen molar-refractivity contribution in [3.8, 4) is 0 Å². The van der Waals surface area contributed by atoms with E-state index in [0.717, 1.165) is 19.6 Å². The molecule has 1 fully saturated rings. The van der Waals surface area contributed by atoms with E-state index in [2.05, 4.69) is 55.3 Å². The number of carbonyl (C=O) groups excluding carboxylic acids is 1. The van der Waals surface area contributed by atoms with Gasteiger partial charge in [-0.2, -0.15) is 0 Å². The fourth-order valence-corrected chi connectivity index (χ4v) is 3.67. The van der Waals surface area contributed by atoms with Crippen LogP contribution in [0.3, 0.4) is 0 Å². The number of likely N-dealkylation sites (tertiary alicyclic amines) is 1. The molecule has 1 aromatic carbocycles. The van der Waals surface area contributed by atoms with Gasteiger partial charge < -0.3 is 10.1 Å². The Morgan fingerprint density at radius 2 is 1.96 bits per heavy atom. The molecule has 1 amide bonds. The number of hydrogen-bond acceptors (Lipinski definition) is 3. The molecule has 0 radical (unpaired) electrons. The van der Waals surface area contributed by atoms with Crippen molar-refractivity contribution in [2.24, 2.45) is 11.3 Å². The highest BCUT2D eigenvalue weighted by molar-refractivity contribution is 5.68. The van der Waals surface area contributed by atoms with Crippen molar-refractivity contribution in [2.75, 3.05) is 13.1 Å². The largest absolute Gasteiger partial charge is 0.444 e. The Morgan fingerprint density at radius 1 is 1.33 bits per heavy atom. The topological polar surface area (TPSA) is 41.6 Å². The standard InChI is InChI=1S/C20H32N2O2/c1-15(21-18(23)24-19(2,3)4)17-13-22(14-20(17,5)6)12-16-10-8-7-9-11-16/h7-11,15,17H,12-14H2,1-6H3,(H,21,23). The van der Waals surface area contributed by atoms with Gasteiger partial charge in [0, 0.05) is 25.7 Å². The number of rotatable bonds is 4. The van der Waals surface area contributed by atoms with Crippen LogP contribution in [0.1, 0.15) is 47.1 Å². The summed E-state index contributed by atoms with van der Waals surface area (Å²) in [5.74, 6) is 0.397. The Bertz CT molecular complexity index is 549. The number of benzene rings is 1. The Labute approximate surface area is 146 Å². The molecule has 2 atom stereocenters. The van der Waals surface area contributed by atoms with Crippen molar-refractivity contribution >= 4 is 6.09 Å². The fraction of sp³-hybridized carbons (Fsp3) is 0.650. The maximum Gasteiger partial charge on any atom is 0.407 e. The minimum Gasteiger partial charge on any atom is -0.444 e. The molecule has 4 nitrogen and oxygen atoms in total. The average Bonchev–Trinajstić information content (AvgIpc) is 2.72. The Hall–Kier alpha value is -1.55. The molecule has 24 heavy (non-hydrogen) atoms. The highest BCUT2D eigenvalue weighted by Crippen LogP contribution is 2.38. The summed E-state index contributed by atoms with van der Waals surface area (Å²) in [5, 5.41) is 3.03. The fourth-order valence-electron chi connectivity index (χ4n) is 3.67. The second-order valence-electron chi connectivity index (χ2n) is 8.69. The van der Waals surface area contributed by atoms with Gasteiger partial charge in [-0.3, -0.25) is 4.90 Å². The maximum absolute atomic E-state index is 12.1. The quantitative estimate of drug-likeness (QED) is 0.904. The molecule has 4 heteroatoms. The van der Waals surface area contributed by atoms with Gasteiger partial charge in [-0.25, -0.2) is 4.79 Å². The summed E-state index contributed by atoms with van der Waals surface area (Å²) in [6.07, 6.45) is -0.327. The number of alkyl carbamates (subject to hydrolysis) is 1. The van der Waals surface area contributed by atoms with E-state index in [1.54, 1.807) is 0 Å². The average molecular weight is 332 g/mol. The third-order valence-corrected chi connectivity index (χ3v) is 4.69. The molecule has 1 aliphatic heterocycles. The number of ether oxygens (including phenoxy) is 1. The lowest BCUT2D eigenvalue weighted by Crippen LogP contribution is -2.45. The highest BCUT2D eigenvalue weighted by Gasteiger charge is 2.42. The predicted octanol–water partition coefficient (Wildman–Crippen LogP) is 4.06. The Balaban J connectivity index is 1.95. The first kappa shape index (κ1) is 18.8. The number of amides is 1. The van der Waals surface area contributed by atoms with E-state index in [1.165, 1.54) is 5.56 Å². The van der Waals surface area contributed by atoms with Gasteiger partial charge in [0.15, 0.2) is 0 Å². The molecule has 0 saturated carbocycles. The molecule has 2 rings (SSSR count). The predicted molar refractivity (Wildman–Crippen MR) is 97.8 cm³/mol. The van der Waals surface area contributed by atoms with Crippen LogP contribution in [0.25, 0.3) is 0 Å². The number of nitrogens with zero attached hydrogens (tertiary/aromatic N) is 1. The minimum absolute atomic E-state index is 0.0793. The van der Waals surface area contributed by atoms with Gasteiger partial charge in [0.25, 0.3) is 0 Å². The number of hydrogen-bond donors (Lipinski definition) is 1. The van der Waals surface area contributed by atoms with E-state index in [1.807, 2.05) is 26.8 Å². The lowest BCUT2D eigenvalue weighted by atomic mass is 9.78. The molecule has 1 N–H and O–H groups in total. The summed E-state index contributed by atoms with van der Waals surface area (Å²) in [6.45, 7) is 15.3. The second kappa shape index (κ2) is 7.14. The van der Waals surface area contributed by atoms with Crippen LogP contribution in [-0.2, 0) is 11.3 Å². The Morgan fingerprint density at radius 3 is 2.54 bits per heavy atom. The normalized spacial score (nSPS) is 22.2. The maximum atomic E-state index is 12.1. The van der Waals surface area contributed by atoms with Crippen LogP contribution in [0.2, 0.25) is 0 Å². The van der Waals surface area contributed by atoms with E-state index < -0.39 is 5.60 Å². The minimum atomic E-state index is -0.464. The number of carbonyl (C=O) groups is 1. The monoisotopic (exact) mass is 332 g/mol. The van der Waals surface area contributed by atoms with Gasteiger partial charge in [-0.15, -0.1) is 0 Å². The molecule has 1 aliphatic rings. The summed E-state index contributed by atoms with van der Waals surface area (Å²) in [7, 11) is 0. The third-order valence-electron chi connectivity index (χ3n) is 4.69. The van der Waals surface area contributed by atoms with Gasteiger partial charge in [-0.1, -0.05) is 44.2 Å². The first-order chi connectivity index (χ1) is 11.1. The van der Waals surface area contributed by atoms with Crippen LogP contribution >= 0.6 is 0 Å². The lowest BCUT2D eigenvalue weighted by molar-refractivity contribution is 0.0476. The molecule has 134 valence electrons. The summed E-state index contributed by atoms with van der Waals surface area (Å²) < 4.78 is 5.39. The molecular formula is C20H32N2O2. The van der Waals surface area contributed by atoms with Crippen LogP contribution in [0.5, 0.6) is 0 Å². The van der Waals surface area contributed by atoms with Crippen LogP contribution in [0, 0.1) is 11.3 Å². The molecule has 0 aliphatic carbocycles. The van der Waals surface area contributed by atoms with Crippen molar-refractivity contribution in [1.82, 2.24) is 10.2 Å². The van der Waals surface area contributed by atoms with E-state index in [-0.39, 0.29) is 17.6 Å². The van der Waals surface area contributed by atoms with Crippen molar-refractivity contribution in [1.29, 1.82) is 0 Å². The summed E-state index contributed by atoms with van der Waals surface area (Å²) >= 11 is 0.